The Hall–Kier alpha value is -3.07. The minimum absolute atomic E-state index is 0.00958. The minimum Gasteiger partial charge on any atom is -0.354 e. The van der Waals surface area contributed by atoms with Gasteiger partial charge >= 0.3 is 0 Å². The Bertz CT molecular complexity index is 1400. The fourth-order valence-electron chi connectivity index (χ4n) is 4.00. The quantitative estimate of drug-likeness (QED) is 0.269. The SMILES string of the molecule is CCCCNC(=O)C(C)N(Cc1ccccc1C)C(=O)CN(c1cc(Cl)ccc1Cl)S(=O)(=O)c1ccccc1. The lowest BCUT2D eigenvalue weighted by atomic mass is 10.1. The molecule has 0 aliphatic rings. The Kier molecular flexibility index (Phi) is 10.8. The molecule has 0 fully saturated rings. The summed E-state index contributed by atoms with van der Waals surface area (Å²) in [6.07, 6.45) is 1.72. The van der Waals surface area contributed by atoms with Gasteiger partial charge in [0.15, 0.2) is 0 Å². The molecule has 3 aromatic rings. The molecule has 3 rings (SSSR count). The van der Waals surface area contributed by atoms with Gasteiger partial charge in [0.1, 0.15) is 12.6 Å². The highest BCUT2D eigenvalue weighted by Crippen LogP contribution is 2.33. The zero-order valence-electron chi connectivity index (χ0n) is 22.2. The molecule has 0 aromatic heterocycles. The molecular formula is C29H33Cl2N3O4S. The summed E-state index contributed by atoms with van der Waals surface area (Å²) in [5.41, 5.74) is 1.86. The molecule has 1 N–H and O–H groups in total. The van der Waals surface area contributed by atoms with Gasteiger partial charge in [-0.2, -0.15) is 0 Å². The van der Waals surface area contributed by atoms with Gasteiger partial charge in [-0.05, 0) is 61.7 Å². The Morgan fingerprint density at radius 1 is 0.974 bits per heavy atom. The van der Waals surface area contributed by atoms with Crippen molar-refractivity contribution in [2.24, 2.45) is 0 Å². The maximum atomic E-state index is 14.0. The first-order valence-corrected chi connectivity index (χ1v) is 14.9. The van der Waals surface area contributed by atoms with E-state index < -0.39 is 28.5 Å². The van der Waals surface area contributed by atoms with Crippen molar-refractivity contribution in [3.05, 3.63) is 94.0 Å². The summed E-state index contributed by atoms with van der Waals surface area (Å²) in [6.45, 7) is 5.60. The van der Waals surface area contributed by atoms with Crippen LogP contribution in [0.25, 0.3) is 0 Å². The van der Waals surface area contributed by atoms with E-state index in [1.165, 1.54) is 35.2 Å². The fraction of sp³-hybridized carbons (Fsp3) is 0.310. The van der Waals surface area contributed by atoms with E-state index >= 15 is 0 Å². The van der Waals surface area contributed by atoms with E-state index in [-0.39, 0.29) is 33.1 Å². The molecule has 7 nitrogen and oxygen atoms in total. The molecule has 0 saturated heterocycles. The van der Waals surface area contributed by atoms with Gasteiger partial charge in [-0.15, -0.1) is 0 Å². The van der Waals surface area contributed by atoms with Crippen LogP contribution in [0.15, 0.2) is 77.7 Å². The monoisotopic (exact) mass is 589 g/mol. The number of carbonyl (C=O) groups excluding carboxylic acids is 2. The van der Waals surface area contributed by atoms with Crippen LogP contribution in [-0.2, 0) is 26.2 Å². The molecule has 10 heteroatoms. The lowest BCUT2D eigenvalue weighted by molar-refractivity contribution is -0.139. The van der Waals surface area contributed by atoms with E-state index in [1.807, 2.05) is 38.1 Å². The Labute approximate surface area is 240 Å². The largest absolute Gasteiger partial charge is 0.354 e. The Balaban J connectivity index is 2.04. The van der Waals surface area contributed by atoms with E-state index in [2.05, 4.69) is 5.32 Å². The summed E-state index contributed by atoms with van der Waals surface area (Å²) in [5.74, 6) is -0.879. The molecule has 208 valence electrons. The number of nitrogens with one attached hydrogen (secondary N) is 1. The average molecular weight is 591 g/mol. The van der Waals surface area contributed by atoms with Crippen molar-refractivity contribution in [1.29, 1.82) is 0 Å². The predicted molar refractivity (Wildman–Crippen MR) is 157 cm³/mol. The van der Waals surface area contributed by atoms with E-state index in [9.17, 15) is 18.0 Å². The van der Waals surface area contributed by atoms with E-state index in [1.54, 1.807) is 25.1 Å². The number of benzene rings is 3. The van der Waals surface area contributed by atoms with Gasteiger partial charge in [-0.1, -0.05) is 79.0 Å². The van der Waals surface area contributed by atoms with Crippen LogP contribution in [0.3, 0.4) is 0 Å². The molecule has 0 aliphatic carbocycles. The van der Waals surface area contributed by atoms with Gasteiger partial charge in [0.05, 0.1) is 15.6 Å². The van der Waals surface area contributed by atoms with Gasteiger partial charge in [-0.25, -0.2) is 8.42 Å². The first-order chi connectivity index (χ1) is 18.6. The first kappa shape index (κ1) is 30.5. The van der Waals surface area contributed by atoms with Crippen LogP contribution in [0.2, 0.25) is 10.0 Å². The third kappa shape index (κ3) is 7.75. The normalized spacial score (nSPS) is 12.0. The molecule has 39 heavy (non-hydrogen) atoms. The number of anilines is 1. The minimum atomic E-state index is -4.22. The van der Waals surface area contributed by atoms with E-state index in [0.29, 0.717) is 6.54 Å². The van der Waals surface area contributed by atoms with Crippen LogP contribution in [-0.4, -0.2) is 44.3 Å². The second-order valence-corrected chi connectivity index (χ2v) is 11.9. The first-order valence-electron chi connectivity index (χ1n) is 12.7. The molecule has 1 unspecified atom stereocenters. The van der Waals surface area contributed by atoms with Crippen LogP contribution in [0, 0.1) is 6.92 Å². The third-order valence-electron chi connectivity index (χ3n) is 6.39. The van der Waals surface area contributed by atoms with Gasteiger partial charge < -0.3 is 10.2 Å². The van der Waals surface area contributed by atoms with Gasteiger partial charge in [0.2, 0.25) is 11.8 Å². The highest BCUT2D eigenvalue weighted by molar-refractivity contribution is 7.92. The number of hydrogen-bond acceptors (Lipinski definition) is 4. The smallest absolute Gasteiger partial charge is 0.264 e. The molecule has 0 aliphatic heterocycles. The number of rotatable bonds is 12. The number of amides is 2. The van der Waals surface area contributed by atoms with Gasteiger partial charge in [0, 0.05) is 18.1 Å². The highest BCUT2D eigenvalue weighted by Gasteiger charge is 2.33. The zero-order chi connectivity index (χ0) is 28.6. The Morgan fingerprint density at radius 3 is 2.31 bits per heavy atom. The average Bonchev–Trinajstić information content (AvgIpc) is 2.92. The molecule has 1 atom stereocenters. The molecular weight excluding hydrogens is 557 g/mol. The van der Waals surface area contributed by atoms with Crippen LogP contribution >= 0.6 is 23.2 Å². The summed E-state index contributed by atoms with van der Waals surface area (Å²) in [6, 6.07) is 18.9. The number of halogens is 2. The predicted octanol–water partition coefficient (Wildman–Crippen LogP) is 5.83. The lowest BCUT2D eigenvalue weighted by Gasteiger charge is -2.32. The van der Waals surface area contributed by atoms with Crippen molar-refractivity contribution in [2.75, 3.05) is 17.4 Å². The van der Waals surface area contributed by atoms with Gasteiger partial charge in [0.25, 0.3) is 10.0 Å². The molecule has 0 bridgehead atoms. The highest BCUT2D eigenvalue weighted by atomic mass is 35.5. The van der Waals surface area contributed by atoms with Crippen LogP contribution < -0.4 is 9.62 Å². The van der Waals surface area contributed by atoms with E-state index in [0.717, 1.165) is 28.3 Å². The fourth-order valence-corrected chi connectivity index (χ4v) is 5.88. The molecule has 3 aromatic carbocycles. The number of carbonyl (C=O) groups is 2. The number of aryl methyl sites for hydroxylation is 1. The number of nitrogens with zero attached hydrogens (tertiary/aromatic N) is 2. The van der Waals surface area contributed by atoms with Crippen molar-refractivity contribution < 1.29 is 18.0 Å². The van der Waals surface area contributed by atoms with Crippen molar-refractivity contribution in [1.82, 2.24) is 10.2 Å². The van der Waals surface area contributed by atoms with Crippen LogP contribution in [0.4, 0.5) is 5.69 Å². The standard InChI is InChI=1S/C29H33Cl2N3O4S/c1-4-5-17-32-29(36)22(3)33(19-23-12-10-9-11-21(23)2)28(35)20-34(27-18-24(30)15-16-26(27)31)39(37,38)25-13-7-6-8-14-25/h6-16,18,22H,4-5,17,19-20H2,1-3H3,(H,32,36). The molecule has 2 amide bonds. The summed E-state index contributed by atoms with van der Waals surface area (Å²) < 4.78 is 28.6. The number of sulfonamides is 1. The summed E-state index contributed by atoms with van der Waals surface area (Å²) >= 11 is 12.6. The molecule has 0 heterocycles. The van der Waals surface area contributed by atoms with Crippen molar-refractivity contribution in [2.45, 2.75) is 51.1 Å². The van der Waals surface area contributed by atoms with Crippen LogP contribution in [0.1, 0.15) is 37.8 Å². The molecule has 0 spiro atoms. The second-order valence-electron chi connectivity index (χ2n) is 9.19. The maximum Gasteiger partial charge on any atom is 0.264 e. The van der Waals surface area contributed by atoms with Gasteiger partial charge in [-0.3, -0.25) is 13.9 Å². The summed E-state index contributed by atoms with van der Waals surface area (Å²) in [4.78, 5) is 28.4. The van der Waals surface area contributed by atoms with Crippen LogP contribution in [0.5, 0.6) is 0 Å². The Morgan fingerprint density at radius 2 is 1.64 bits per heavy atom. The lowest BCUT2D eigenvalue weighted by Crippen LogP contribution is -2.51. The topological polar surface area (TPSA) is 86.8 Å². The third-order valence-corrected chi connectivity index (χ3v) is 8.71. The summed E-state index contributed by atoms with van der Waals surface area (Å²) in [7, 11) is -4.22. The number of hydrogen-bond donors (Lipinski definition) is 1. The number of unbranched alkanes of at least 4 members (excludes halogenated alkanes) is 1. The zero-order valence-corrected chi connectivity index (χ0v) is 24.6. The van der Waals surface area contributed by atoms with Crippen molar-refractivity contribution in [3.8, 4) is 0 Å². The molecule has 0 radical (unpaired) electrons. The second kappa shape index (κ2) is 13.8. The van der Waals surface area contributed by atoms with E-state index in [4.69, 9.17) is 23.2 Å². The van der Waals surface area contributed by atoms with Crippen molar-refractivity contribution in [3.63, 3.8) is 0 Å². The summed E-state index contributed by atoms with van der Waals surface area (Å²) in [5, 5.41) is 3.25. The maximum absolute atomic E-state index is 14.0. The molecule has 0 saturated carbocycles. The van der Waals surface area contributed by atoms with Crippen molar-refractivity contribution >= 4 is 50.7 Å².